The molecule has 3 N–H and O–H groups in total. The lowest BCUT2D eigenvalue weighted by Crippen LogP contribution is -2.32. The van der Waals surface area contributed by atoms with Gasteiger partial charge in [-0.3, -0.25) is 0 Å². The highest BCUT2D eigenvalue weighted by molar-refractivity contribution is 7.43. The van der Waals surface area contributed by atoms with Gasteiger partial charge in [0.25, 0.3) is 0 Å². The molecule has 7 heteroatoms. The van der Waals surface area contributed by atoms with Crippen LogP contribution in [0.1, 0.15) is 13.3 Å². The molecule has 0 aliphatic heterocycles. The highest BCUT2D eigenvalue weighted by atomic mass is 31.2. The second-order valence-corrected chi connectivity index (χ2v) is 7.76. The van der Waals surface area contributed by atoms with Gasteiger partial charge in [0.15, 0.2) is 0 Å². The molecular weight excluding hydrogens is 415 g/mol. The first-order valence-corrected chi connectivity index (χ1v) is 11.1. The summed E-state index contributed by atoms with van der Waals surface area (Å²) >= 11 is 0. The van der Waals surface area contributed by atoms with Crippen molar-refractivity contribution >= 4 is 8.60 Å². The SMILES string of the molecule is CCC(CO)(CO)CO.c1ccc(OP(Oc2ccccc2)Oc2ccccc2)cc1. The average molecular weight is 444 g/mol. The molecule has 0 saturated carbocycles. The summed E-state index contributed by atoms with van der Waals surface area (Å²) < 4.78 is 17.5. The van der Waals surface area contributed by atoms with E-state index in [9.17, 15) is 0 Å². The van der Waals surface area contributed by atoms with Crippen molar-refractivity contribution in [3.05, 3.63) is 91.0 Å². The second kappa shape index (κ2) is 13.6. The zero-order valence-electron chi connectivity index (χ0n) is 17.5. The Morgan fingerprint density at radius 1 is 0.581 bits per heavy atom. The molecule has 31 heavy (non-hydrogen) atoms. The van der Waals surface area contributed by atoms with Gasteiger partial charge in [-0.15, -0.1) is 0 Å². The van der Waals surface area contributed by atoms with Gasteiger partial charge in [0.2, 0.25) is 0 Å². The molecule has 3 aromatic rings. The number of rotatable bonds is 10. The summed E-state index contributed by atoms with van der Waals surface area (Å²) in [7, 11) is -1.59. The molecule has 0 unspecified atom stereocenters. The van der Waals surface area contributed by atoms with Crippen molar-refractivity contribution in [2.24, 2.45) is 5.41 Å². The fourth-order valence-electron chi connectivity index (χ4n) is 2.24. The van der Waals surface area contributed by atoms with E-state index >= 15 is 0 Å². The van der Waals surface area contributed by atoms with Gasteiger partial charge in [-0.25, -0.2) is 0 Å². The zero-order chi connectivity index (χ0) is 22.4. The standard InChI is InChI=1S/C18H15O3P.C6H14O3/c1-4-10-16(11-5-1)19-22(20-17-12-6-2-7-13-17)21-18-14-8-3-9-15-18;1-2-6(3-7,4-8)5-9/h1-15H;7-9H,2-5H2,1H3. The maximum absolute atomic E-state index is 8.66. The smallest absolute Gasteiger partial charge is 0.409 e. The van der Waals surface area contributed by atoms with Gasteiger partial charge in [0.1, 0.15) is 17.2 Å². The van der Waals surface area contributed by atoms with Crippen molar-refractivity contribution in [3.8, 4) is 17.2 Å². The monoisotopic (exact) mass is 444 g/mol. The first kappa shape index (κ1) is 24.6. The van der Waals surface area contributed by atoms with Gasteiger partial charge in [-0.05, 0) is 42.8 Å². The van der Waals surface area contributed by atoms with E-state index in [1.165, 1.54) is 0 Å². The summed E-state index contributed by atoms with van der Waals surface area (Å²) in [6, 6.07) is 28.5. The number of aliphatic hydroxyl groups is 3. The van der Waals surface area contributed by atoms with E-state index in [-0.39, 0.29) is 19.8 Å². The van der Waals surface area contributed by atoms with Crippen LogP contribution in [0.15, 0.2) is 91.0 Å². The van der Waals surface area contributed by atoms with E-state index < -0.39 is 14.0 Å². The summed E-state index contributed by atoms with van der Waals surface area (Å²) in [6.07, 6.45) is 0.594. The molecular formula is C24H29O6P. The van der Waals surface area contributed by atoms with Crippen LogP contribution in [-0.4, -0.2) is 35.1 Å². The largest absolute Gasteiger partial charge is 0.530 e. The molecule has 0 saturated heterocycles. The first-order chi connectivity index (χ1) is 15.1. The average Bonchev–Trinajstić information content (AvgIpc) is 2.83. The summed E-state index contributed by atoms with van der Waals surface area (Å²) in [5.74, 6) is 2.13. The molecule has 6 nitrogen and oxygen atoms in total. The van der Waals surface area contributed by atoms with Crippen molar-refractivity contribution in [1.29, 1.82) is 0 Å². The third-order valence-electron chi connectivity index (χ3n) is 4.53. The van der Waals surface area contributed by atoms with Crippen molar-refractivity contribution in [2.45, 2.75) is 13.3 Å². The van der Waals surface area contributed by atoms with Crippen molar-refractivity contribution in [3.63, 3.8) is 0 Å². The zero-order valence-corrected chi connectivity index (χ0v) is 18.4. The predicted molar refractivity (Wildman–Crippen MR) is 122 cm³/mol. The van der Waals surface area contributed by atoms with Crippen LogP contribution in [0.5, 0.6) is 17.2 Å². The Morgan fingerprint density at radius 3 is 1.06 bits per heavy atom. The maximum Gasteiger partial charge on any atom is 0.530 e. The molecule has 3 aromatic carbocycles. The minimum Gasteiger partial charge on any atom is -0.409 e. The summed E-state index contributed by atoms with van der Waals surface area (Å²) in [5, 5.41) is 26.0. The van der Waals surface area contributed by atoms with Crippen molar-refractivity contribution in [2.75, 3.05) is 19.8 Å². The highest BCUT2D eigenvalue weighted by Gasteiger charge is 2.25. The summed E-state index contributed by atoms with van der Waals surface area (Å²) in [4.78, 5) is 0. The van der Waals surface area contributed by atoms with Crippen LogP contribution in [0.25, 0.3) is 0 Å². The van der Waals surface area contributed by atoms with Gasteiger partial charge in [-0.1, -0.05) is 61.5 Å². The third-order valence-corrected chi connectivity index (χ3v) is 5.61. The van der Waals surface area contributed by atoms with Gasteiger partial charge in [0, 0.05) is 5.41 Å². The molecule has 0 spiro atoms. The molecule has 166 valence electrons. The Labute approximate surface area is 184 Å². The molecule has 0 fully saturated rings. The predicted octanol–water partition coefficient (Wildman–Crippen LogP) is 4.81. The second-order valence-electron chi connectivity index (χ2n) is 6.76. The van der Waals surface area contributed by atoms with Crippen LogP contribution in [0, 0.1) is 5.41 Å². The van der Waals surface area contributed by atoms with Gasteiger partial charge >= 0.3 is 8.60 Å². The Hall–Kier alpha value is -2.63. The molecule has 0 aliphatic carbocycles. The minimum absolute atomic E-state index is 0.156. The lowest BCUT2D eigenvalue weighted by atomic mass is 9.88. The molecule has 0 heterocycles. The normalized spacial score (nSPS) is 10.7. The van der Waals surface area contributed by atoms with E-state index in [0.29, 0.717) is 23.7 Å². The fourth-order valence-corrected chi connectivity index (χ4v) is 3.24. The highest BCUT2D eigenvalue weighted by Crippen LogP contribution is 2.41. The molecule has 0 radical (unpaired) electrons. The Balaban J connectivity index is 0.000000323. The quantitative estimate of drug-likeness (QED) is 0.389. The Kier molecular flexibility index (Phi) is 10.8. The van der Waals surface area contributed by atoms with E-state index in [0.717, 1.165) is 0 Å². The van der Waals surface area contributed by atoms with E-state index in [1.54, 1.807) is 0 Å². The number of benzene rings is 3. The third kappa shape index (κ3) is 8.56. The van der Waals surface area contributed by atoms with Crippen LogP contribution >= 0.6 is 8.60 Å². The van der Waals surface area contributed by atoms with E-state index in [2.05, 4.69) is 0 Å². The summed E-state index contributed by atoms with van der Waals surface area (Å²) in [5.41, 5.74) is -0.667. The van der Waals surface area contributed by atoms with Crippen LogP contribution < -0.4 is 13.6 Å². The van der Waals surface area contributed by atoms with E-state index in [4.69, 9.17) is 28.9 Å². The molecule has 0 atom stereocenters. The van der Waals surface area contributed by atoms with Crippen LogP contribution in [0.2, 0.25) is 0 Å². The van der Waals surface area contributed by atoms with E-state index in [1.807, 2.05) is 97.9 Å². The number of aliphatic hydroxyl groups excluding tert-OH is 3. The Bertz CT molecular complexity index is 712. The van der Waals surface area contributed by atoms with Gasteiger partial charge < -0.3 is 28.9 Å². The Morgan fingerprint density at radius 2 is 0.871 bits per heavy atom. The number of hydrogen-bond acceptors (Lipinski definition) is 6. The topological polar surface area (TPSA) is 88.4 Å². The molecule has 0 aromatic heterocycles. The van der Waals surface area contributed by atoms with Gasteiger partial charge in [0.05, 0.1) is 19.8 Å². The minimum atomic E-state index is -1.59. The molecule has 0 aliphatic rings. The van der Waals surface area contributed by atoms with Crippen LogP contribution in [0.4, 0.5) is 0 Å². The lowest BCUT2D eigenvalue weighted by Gasteiger charge is -2.24. The number of para-hydroxylation sites is 3. The summed E-state index contributed by atoms with van der Waals surface area (Å²) in [6.45, 7) is 1.35. The molecule has 3 rings (SSSR count). The first-order valence-electron chi connectivity index (χ1n) is 9.96. The van der Waals surface area contributed by atoms with Crippen LogP contribution in [-0.2, 0) is 0 Å². The fraction of sp³-hybridized carbons (Fsp3) is 0.250. The maximum atomic E-state index is 8.66. The molecule has 0 bridgehead atoms. The lowest BCUT2D eigenvalue weighted by molar-refractivity contribution is 0.00304. The van der Waals surface area contributed by atoms with Gasteiger partial charge in [-0.2, -0.15) is 0 Å². The number of hydrogen-bond donors (Lipinski definition) is 3. The van der Waals surface area contributed by atoms with Crippen molar-refractivity contribution in [1.82, 2.24) is 0 Å². The molecule has 0 amide bonds. The van der Waals surface area contributed by atoms with Crippen molar-refractivity contribution < 1.29 is 28.9 Å². The van der Waals surface area contributed by atoms with Crippen LogP contribution in [0.3, 0.4) is 0 Å².